The van der Waals surface area contributed by atoms with Gasteiger partial charge in [-0.1, -0.05) is 5.16 Å². The average molecular weight is 199 g/mol. The van der Waals surface area contributed by atoms with Crippen molar-refractivity contribution in [3.63, 3.8) is 0 Å². The maximum Gasteiger partial charge on any atom is 0.167 e. The first kappa shape index (κ1) is 9.49. The SMILES string of the molecule is N#Cc1ccc(/C=N/OCl)c(F)c1. The summed E-state index contributed by atoms with van der Waals surface area (Å²) in [5.74, 6) is -0.545. The molecule has 0 aliphatic heterocycles. The van der Waals surface area contributed by atoms with Gasteiger partial charge in [0.25, 0.3) is 0 Å². The molecule has 1 aromatic carbocycles. The van der Waals surface area contributed by atoms with E-state index in [0.29, 0.717) is 0 Å². The Hall–Kier alpha value is -1.60. The van der Waals surface area contributed by atoms with Crippen LogP contribution < -0.4 is 0 Å². The van der Waals surface area contributed by atoms with Crippen LogP contribution in [0.2, 0.25) is 0 Å². The highest BCUT2D eigenvalue weighted by atomic mass is 35.5. The fourth-order valence-corrected chi connectivity index (χ4v) is 0.818. The quantitative estimate of drug-likeness (QED) is 0.540. The van der Waals surface area contributed by atoms with E-state index in [4.69, 9.17) is 17.1 Å². The standard InChI is InChI=1S/C8H4ClFN2O/c9-13-12-5-7-2-1-6(4-11)3-8(7)10/h1-3,5H/b12-5+. The van der Waals surface area contributed by atoms with Crippen molar-refractivity contribution in [1.29, 1.82) is 5.26 Å². The molecule has 0 N–H and O–H groups in total. The molecule has 0 unspecified atom stereocenters. The van der Waals surface area contributed by atoms with Crippen LogP contribution in [0.15, 0.2) is 23.4 Å². The summed E-state index contributed by atoms with van der Waals surface area (Å²) >= 11 is 4.79. The van der Waals surface area contributed by atoms with Crippen LogP contribution in [-0.2, 0) is 4.39 Å². The van der Waals surface area contributed by atoms with E-state index in [1.165, 1.54) is 12.1 Å². The Morgan fingerprint density at radius 1 is 1.62 bits per heavy atom. The van der Waals surface area contributed by atoms with Crippen LogP contribution in [0.25, 0.3) is 0 Å². The van der Waals surface area contributed by atoms with E-state index in [2.05, 4.69) is 9.55 Å². The van der Waals surface area contributed by atoms with Gasteiger partial charge < -0.3 is 0 Å². The van der Waals surface area contributed by atoms with Gasteiger partial charge in [-0.3, -0.25) is 4.39 Å². The average Bonchev–Trinajstić information content (AvgIpc) is 2.16. The first-order valence-corrected chi connectivity index (χ1v) is 3.59. The Morgan fingerprint density at radius 2 is 2.38 bits per heavy atom. The molecule has 0 saturated heterocycles. The van der Waals surface area contributed by atoms with Crippen molar-refractivity contribution in [1.82, 2.24) is 0 Å². The fraction of sp³-hybridized carbons (Fsp3) is 0. The van der Waals surface area contributed by atoms with Gasteiger partial charge in [0.1, 0.15) is 5.82 Å². The van der Waals surface area contributed by atoms with E-state index in [-0.39, 0.29) is 11.1 Å². The second-order valence-corrected chi connectivity index (χ2v) is 2.29. The van der Waals surface area contributed by atoms with E-state index in [1.54, 1.807) is 0 Å². The number of hydrogen-bond donors (Lipinski definition) is 0. The van der Waals surface area contributed by atoms with Gasteiger partial charge >= 0.3 is 0 Å². The van der Waals surface area contributed by atoms with E-state index in [9.17, 15) is 4.39 Å². The van der Waals surface area contributed by atoms with E-state index < -0.39 is 5.82 Å². The van der Waals surface area contributed by atoms with Crippen molar-refractivity contribution in [2.75, 3.05) is 0 Å². The Bertz CT molecular complexity index is 373. The second kappa shape index (κ2) is 4.43. The Labute approximate surface area is 79.2 Å². The van der Waals surface area contributed by atoms with Gasteiger partial charge in [-0.05, 0) is 18.2 Å². The van der Waals surface area contributed by atoms with Crippen LogP contribution >= 0.6 is 11.9 Å². The molecule has 0 atom stereocenters. The van der Waals surface area contributed by atoms with Crippen LogP contribution in [0.1, 0.15) is 11.1 Å². The maximum absolute atomic E-state index is 13.0. The van der Waals surface area contributed by atoms with Crippen molar-refractivity contribution in [2.45, 2.75) is 0 Å². The van der Waals surface area contributed by atoms with Crippen molar-refractivity contribution in [3.05, 3.63) is 35.1 Å². The molecule has 1 rings (SSSR count). The lowest BCUT2D eigenvalue weighted by atomic mass is 10.1. The number of rotatable bonds is 2. The molecule has 5 heteroatoms. The smallest absolute Gasteiger partial charge is 0.167 e. The molecular weight excluding hydrogens is 195 g/mol. The topological polar surface area (TPSA) is 45.4 Å². The van der Waals surface area contributed by atoms with Gasteiger partial charge in [-0.25, -0.2) is 4.39 Å². The van der Waals surface area contributed by atoms with Crippen LogP contribution in [0.3, 0.4) is 0 Å². The Morgan fingerprint density at radius 3 is 2.92 bits per heavy atom. The maximum atomic E-state index is 13.0. The molecule has 13 heavy (non-hydrogen) atoms. The van der Waals surface area contributed by atoms with Crippen molar-refractivity contribution >= 4 is 18.1 Å². The molecule has 0 spiro atoms. The number of oxime groups is 1. The molecule has 0 aromatic heterocycles. The van der Waals surface area contributed by atoms with Gasteiger partial charge in [0, 0.05) is 5.56 Å². The summed E-state index contributed by atoms with van der Waals surface area (Å²) < 4.78 is 16.9. The largest absolute Gasteiger partial charge is 0.277 e. The molecule has 0 heterocycles. The summed E-state index contributed by atoms with van der Waals surface area (Å²) in [6, 6.07) is 5.80. The molecule has 0 amide bonds. The van der Waals surface area contributed by atoms with Gasteiger partial charge in [-0.2, -0.15) is 5.26 Å². The minimum absolute atomic E-state index is 0.208. The molecule has 66 valence electrons. The normalized spacial score (nSPS) is 9.92. The van der Waals surface area contributed by atoms with Crippen LogP contribution in [0.5, 0.6) is 0 Å². The molecular formula is C8H4ClFN2O. The van der Waals surface area contributed by atoms with Crippen LogP contribution in [-0.4, -0.2) is 6.21 Å². The summed E-state index contributed by atoms with van der Waals surface area (Å²) in [6.07, 6.45) is 1.11. The van der Waals surface area contributed by atoms with Crippen molar-refractivity contribution in [2.24, 2.45) is 5.16 Å². The third-order valence-corrected chi connectivity index (χ3v) is 1.44. The number of hydrogen-bond acceptors (Lipinski definition) is 3. The molecule has 0 aliphatic rings. The zero-order valence-electron chi connectivity index (χ0n) is 6.37. The zero-order chi connectivity index (χ0) is 9.68. The molecule has 3 nitrogen and oxygen atoms in total. The van der Waals surface area contributed by atoms with Crippen molar-refractivity contribution < 1.29 is 8.78 Å². The molecule has 0 radical (unpaired) electrons. The first-order valence-electron chi connectivity index (χ1n) is 3.28. The van der Waals surface area contributed by atoms with Gasteiger partial charge in [0.05, 0.1) is 17.8 Å². The second-order valence-electron chi connectivity index (χ2n) is 2.15. The molecule has 1 aromatic rings. The highest BCUT2D eigenvalue weighted by molar-refractivity contribution is 6.07. The highest BCUT2D eigenvalue weighted by Gasteiger charge is 2.00. The number of benzene rings is 1. The number of nitrogens with zero attached hydrogens (tertiary/aromatic N) is 2. The molecule has 0 fully saturated rings. The highest BCUT2D eigenvalue weighted by Crippen LogP contribution is 2.07. The van der Waals surface area contributed by atoms with Gasteiger partial charge in [-0.15, -0.1) is 0 Å². The number of halogens is 2. The monoisotopic (exact) mass is 198 g/mol. The molecule has 0 aliphatic carbocycles. The summed E-state index contributed by atoms with van der Waals surface area (Å²) in [5, 5.41) is 11.6. The van der Waals surface area contributed by atoms with E-state index in [0.717, 1.165) is 12.3 Å². The summed E-state index contributed by atoms with van der Waals surface area (Å²) in [4.78, 5) is 0. The summed E-state index contributed by atoms with van der Waals surface area (Å²) in [5.41, 5.74) is 0.459. The predicted octanol–water partition coefficient (Wildman–Crippen LogP) is 2.20. The molecule has 0 saturated carbocycles. The van der Waals surface area contributed by atoms with Gasteiger partial charge in [0.15, 0.2) is 11.9 Å². The summed E-state index contributed by atoms with van der Waals surface area (Å²) in [6.45, 7) is 0. The third-order valence-electron chi connectivity index (χ3n) is 1.36. The van der Waals surface area contributed by atoms with E-state index >= 15 is 0 Å². The van der Waals surface area contributed by atoms with Crippen LogP contribution in [0.4, 0.5) is 4.39 Å². The minimum atomic E-state index is -0.545. The molecule has 0 bridgehead atoms. The lowest BCUT2D eigenvalue weighted by Crippen LogP contribution is -1.89. The van der Waals surface area contributed by atoms with Crippen LogP contribution in [0, 0.1) is 17.1 Å². The minimum Gasteiger partial charge on any atom is -0.277 e. The zero-order valence-corrected chi connectivity index (χ0v) is 7.12. The van der Waals surface area contributed by atoms with E-state index in [1.807, 2.05) is 6.07 Å². The lowest BCUT2D eigenvalue weighted by Gasteiger charge is -1.94. The fourth-order valence-electron chi connectivity index (χ4n) is 0.778. The number of nitriles is 1. The Kier molecular flexibility index (Phi) is 3.23. The van der Waals surface area contributed by atoms with Gasteiger partial charge in [0.2, 0.25) is 0 Å². The summed E-state index contributed by atoms with van der Waals surface area (Å²) in [7, 11) is 0. The Balaban J connectivity index is 3.00. The third kappa shape index (κ3) is 2.42. The predicted molar refractivity (Wildman–Crippen MR) is 45.6 cm³/mol. The first-order chi connectivity index (χ1) is 6.27. The lowest BCUT2D eigenvalue weighted by molar-refractivity contribution is 0.383. The van der Waals surface area contributed by atoms with Crippen molar-refractivity contribution in [3.8, 4) is 6.07 Å².